The van der Waals surface area contributed by atoms with Crippen LogP contribution in [0.5, 0.6) is 17.2 Å². The molecule has 0 fully saturated rings. The van der Waals surface area contributed by atoms with Crippen LogP contribution in [0.2, 0.25) is 0 Å². The molecule has 0 amide bonds. The van der Waals surface area contributed by atoms with Crippen molar-refractivity contribution in [2.24, 2.45) is 5.92 Å². The van der Waals surface area contributed by atoms with Gasteiger partial charge in [-0.15, -0.1) is 11.8 Å². The fourth-order valence-electron chi connectivity index (χ4n) is 5.94. The van der Waals surface area contributed by atoms with Gasteiger partial charge in [0.2, 0.25) is 0 Å². The van der Waals surface area contributed by atoms with Crippen molar-refractivity contribution in [3.63, 3.8) is 0 Å². The second kappa shape index (κ2) is 15.3. The summed E-state index contributed by atoms with van der Waals surface area (Å²) in [6, 6.07) is 12.5. The van der Waals surface area contributed by atoms with E-state index in [0.717, 1.165) is 56.1 Å². The van der Waals surface area contributed by atoms with E-state index >= 15 is 0 Å². The first-order valence-corrected chi connectivity index (χ1v) is 16.0. The van der Waals surface area contributed by atoms with E-state index in [1.165, 1.54) is 0 Å². The molecule has 3 atom stereocenters. The minimum atomic E-state index is -5.62. The fourth-order valence-corrected chi connectivity index (χ4v) is 7.01. The van der Waals surface area contributed by atoms with Gasteiger partial charge in [-0.2, -0.15) is 22.0 Å². The number of carboxylic acids is 1. The van der Waals surface area contributed by atoms with Gasteiger partial charge in [-0.1, -0.05) is 63.1 Å². The van der Waals surface area contributed by atoms with Crippen molar-refractivity contribution in [2.75, 3.05) is 12.9 Å². The van der Waals surface area contributed by atoms with E-state index < -0.39 is 36.8 Å². The second-order valence-electron chi connectivity index (χ2n) is 11.4. The van der Waals surface area contributed by atoms with E-state index in [4.69, 9.17) is 4.74 Å². The van der Waals surface area contributed by atoms with E-state index in [0.29, 0.717) is 18.8 Å². The molecule has 3 N–H and O–H groups in total. The Morgan fingerprint density at radius 2 is 1.49 bits per heavy atom. The van der Waals surface area contributed by atoms with E-state index in [2.05, 4.69) is 6.26 Å². The fraction of sp³-hybridized carbons (Fsp3) is 0.594. The predicted octanol–water partition coefficient (Wildman–Crippen LogP) is 9.41. The van der Waals surface area contributed by atoms with Crippen molar-refractivity contribution >= 4 is 17.7 Å². The zero-order valence-corrected chi connectivity index (χ0v) is 25.2. The average Bonchev–Trinajstić information content (AvgIpc) is 2.94. The van der Waals surface area contributed by atoms with Gasteiger partial charge in [0.15, 0.2) is 0 Å². The number of fused-ring (bicyclic) bond motifs is 1. The number of hydrogen-bond donors (Lipinski definition) is 3. The number of hydrogen-bond acceptors (Lipinski definition) is 5. The number of unbranched alkanes of at least 4 members (excludes halogenated alkanes) is 6. The SMILES string of the molecule is CS[C@]1(c2ccc(O)cc2)COc2cc(O)ccc2[C@H]1CCCCCCCCC[C@H](CCCC(F)(F)C(F)(F)F)C(=O)O. The number of phenolic OH excluding ortho intramolecular Hbond substituents is 2. The molecule has 1 aliphatic heterocycles. The van der Waals surface area contributed by atoms with Crippen LogP contribution < -0.4 is 4.74 Å². The van der Waals surface area contributed by atoms with Crippen molar-refractivity contribution in [1.29, 1.82) is 0 Å². The number of alkyl halides is 5. The summed E-state index contributed by atoms with van der Waals surface area (Å²) in [5.41, 5.74) is 2.11. The van der Waals surface area contributed by atoms with Crippen LogP contribution >= 0.6 is 11.8 Å². The van der Waals surface area contributed by atoms with Crippen molar-refractivity contribution in [3.05, 3.63) is 53.6 Å². The van der Waals surface area contributed by atoms with Crippen molar-refractivity contribution < 1.29 is 46.8 Å². The van der Waals surface area contributed by atoms with Crippen LogP contribution in [0.25, 0.3) is 0 Å². The molecule has 0 unspecified atom stereocenters. The highest BCUT2D eigenvalue weighted by Crippen LogP contribution is 2.55. The molecule has 11 heteroatoms. The van der Waals surface area contributed by atoms with E-state index in [1.54, 1.807) is 36.0 Å². The standard InChI is InChI=1S/C32H41F5O5S/c1-43-30(23-13-15-24(38)16-14-23)21-42-28-20-25(39)17-18-26(28)27(30)12-8-6-4-2-3-5-7-10-22(29(40)41)11-9-19-31(33,34)32(35,36)37/h13-18,20,22,27,38-39H,2-12,19,21H2,1H3,(H,40,41)/t22-,27-,30+/m1/s1. The van der Waals surface area contributed by atoms with Crippen molar-refractivity contribution in [3.8, 4) is 17.2 Å². The lowest BCUT2D eigenvalue weighted by molar-refractivity contribution is -0.284. The van der Waals surface area contributed by atoms with Gasteiger partial charge < -0.3 is 20.1 Å². The Morgan fingerprint density at radius 1 is 0.907 bits per heavy atom. The van der Waals surface area contributed by atoms with E-state index in [1.807, 2.05) is 18.2 Å². The molecule has 0 spiro atoms. The van der Waals surface area contributed by atoms with Crippen LogP contribution in [-0.2, 0) is 9.54 Å². The number of carbonyl (C=O) groups is 1. The van der Waals surface area contributed by atoms with Gasteiger partial charge in [-0.25, -0.2) is 0 Å². The number of carboxylic acid groups (broad SMARTS) is 1. The summed E-state index contributed by atoms with van der Waals surface area (Å²) in [7, 11) is 0. The Labute approximate surface area is 253 Å². The molecule has 3 rings (SSSR count). The molecule has 5 nitrogen and oxygen atoms in total. The minimum absolute atomic E-state index is 0.125. The molecule has 0 saturated heterocycles. The summed E-state index contributed by atoms with van der Waals surface area (Å²) >= 11 is 1.72. The molecular weight excluding hydrogens is 591 g/mol. The molecule has 0 saturated carbocycles. The smallest absolute Gasteiger partial charge is 0.453 e. The third-order valence-corrected chi connectivity index (χ3v) is 9.82. The van der Waals surface area contributed by atoms with Crippen LogP contribution in [0.3, 0.4) is 0 Å². The molecule has 43 heavy (non-hydrogen) atoms. The molecule has 0 aromatic heterocycles. The Bertz CT molecular complexity index is 1170. The molecule has 1 aliphatic rings. The highest BCUT2D eigenvalue weighted by molar-refractivity contribution is 7.99. The lowest BCUT2D eigenvalue weighted by Gasteiger charge is -2.44. The largest absolute Gasteiger partial charge is 0.508 e. The van der Waals surface area contributed by atoms with Crippen molar-refractivity contribution in [2.45, 2.75) is 99.8 Å². The quantitative estimate of drug-likeness (QED) is 0.119. The number of halogens is 5. The molecule has 2 aromatic rings. The highest BCUT2D eigenvalue weighted by Gasteiger charge is 2.56. The molecular formula is C32H41F5O5S. The van der Waals surface area contributed by atoms with Gasteiger partial charge in [0.05, 0.1) is 10.7 Å². The summed E-state index contributed by atoms with van der Waals surface area (Å²) in [6.07, 6.45) is 1.68. The molecule has 0 bridgehead atoms. The van der Waals surface area contributed by atoms with Crippen LogP contribution in [0, 0.1) is 5.92 Å². The number of aliphatic carboxylic acids is 1. The number of rotatable bonds is 17. The summed E-state index contributed by atoms with van der Waals surface area (Å²) in [5, 5.41) is 29.2. The Morgan fingerprint density at radius 3 is 2.09 bits per heavy atom. The maximum Gasteiger partial charge on any atom is 0.453 e. The van der Waals surface area contributed by atoms with Gasteiger partial charge in [-0.3, -0.25) is 4.79 Å². The van der Waals surface area contributed by atoms with Gasteiger partial charge in [-0.05, 0) is 61.3 Å². The van der Waals surface area contributed by atoms with E-state index in [9.17, 15) is 42.1 Å². The van der Waals surface area contributed by atoms with Gasteiger partial charge in [0.25, 0.3) is 0 Å². The predicted molar refractivity (Wildman–Crippen MR) is 157 cm³/mol. The normalized spacial score (nSPS) is 19.4. The minimum Gasteiger partial charge on any atom is -0.508 e. The third-order valence-electron chi connectivity index (χ3n) is 8.45. The summed E-state index contributed by atoms with van der Waals surface area (Å²) in [5.74, 6) is -5.72. The number of phenols is 2. The molecule has 2 aromatic carbocycles. The summed E-state index contributed by atoms with van der Waals surface area (Å²) < 4.78 is 68.9. The first-order chi connectivity index (χ1) is 20.3. The Hall–Kier alpha value is -2.69. The summed E-state index contributed by atoms with van der Waals surface area (Å²) in [6.45, 7) is 0.433. The van der Waals surface area contributed by atoms with Gasteiger partial charge in [0.1, 0.15) is 23.9 Å². The van der Waals surface area contributed by atoms with Crippen LogP contribution in [0.1, 0.15) is 94.1 Å². The Balaban J connectivity index is 1.44. The maximum absolute atomic E-state index is 13.1. The average molecular weight is 633 g/mol. The number of thioether (sulfide) groups is 1. The molecule has 0 radical (unpaired) electrons. The van der Waals surface area contributed by atoms with E-state index in [-0.39, 0.29) is 35.0 Å². The Kier molecular flexibility index (Phi) is 12.4. The van der Waals surface area contributed by atoms with Gasteiger partial charge in [0, 0.05) is 18.4 Å². The lowest BCUT2D eigenvalue weighted by Crippen LogP contribution is -2.40. The molecule has 0 aliphatic carbocycles. The number of aromatic hydroxyl groups is 2. The second-order valence-corrected chi connectivity index (χ2v) is 12.5. The number of benzene rings is 2. The topological polar surface area (TPSA) is 87.0 Å². The third kappa shape index (κ3) is 9.16. The lowest BCUT2D eigenvalue weighted by atomic mass is 9.76. The molecule has 240 valence electrons. The number of ether oxygens (including phenoxy) is 1. The monoisotopic (exact) mass is 632 g/mol. The maximum atomic E-state index is 13.1. The van der Waals surface area contributed by atoms with Crippen LogP contribution in [-0.4, -0.2) is 46.3 Å². The first kappa shape index (κ1) is 34.8. The van der Waals surface area contributed by atoms with Crippen LogP contribution in [0.15, 0.2) is 42.5 Å². The van der Waals surface area contributed by atoms with Crippen LogP contribution in [0.4, 0.5) is 22.0 Å². The first-order valence-electron chi connectivity index (χ1n) is 14.8. The van der Waals surface area contributed by atoms with Gasteiger partial charge >= 0.3 is 18.1 Å². The van der Waals surface area contributed by atoms with Crippen molar-refractivity contribution in [1.82, 2.24) is 0 Å². The highest BCUT2D eigenvalue weighted by atomic mass is 32.2. The zero-order valence-electron chi connectivity index (χ0n) is 24.3. The zero-order chi connectivity index (χ0) is 31.7. The molecule has 1 heterocycles. The summed E-state index contributed by atoms with van der Waals surface area (Å²) in [4.78, 5) is 11.4.